The Balaban J connectivity index is 2.43. The molecule has 0 aliphatic carbocycles. The van der Waals surface area contributed by atoms with Gasteiger partial charge < -0.3 is 5.73 Å². The molecule has 0 atom stereocenters. The second-order valence-corrected chi connectivity index (χ2v) is 6.87. The molecule has 20 heavy (non-hydrogen) atoms. The number of aryl methyl sites for hydroxylation is 2. The van der Waals surface area contributed by atoms with E-state index in [9.17, 15) is 8.42 Å². The van der Waals surface area contributed by atoms with Gasteiger partial charge >= 0.3 is 0 Å². The molecular formula is C12H15BrN4O2S. The molecule has 4 N–H and O–H groups in total. The molecule has 0 saturated carbocycles. The molecule has 1 heterocycles. The molecule has 2 aromatic rings. The van der Waals surface area contributed by atoms with Crippen LogP contribution in [0.1, 0.15) is 18.1 Å². The molecule has 0 saturated heterocycles. The molecule has 0 unspecified atom stereocenters. The summed E-state index contributed by atoms with van der Waals surface area (Å²) in [5.41, 5.74) is 7.54. The molecule has 0 bridgehead atoms. The smallest absolute Gasteiger partial charge is 0.263 e. The average Bonchev–Trinajstić information content (AvgIpc) is 2.80. The zero-order valence-electron chi connectivity index (χ0n) is 11.1. The van der Waals surface area contributed by atoms with Crippen LogP contribution in [0.15, 0.2) is 27.7 Å². The maximum absolute atomic E-state index is 12.4. The summed E-state index contributed by atoms with van der Waals surface area (Å²) in [6.07, 6.45) is 2.27. The Morgan fingerprint density at radius 2 is 2.15 bits per heavy atom. The van der Waals surface area contributed by atoms with Crippen molar-refractivity contribution in [3.63, 3.8) is 0 Å². The number of nitrogens with one attached hydrogen (secondary N) is 2. The van der Waals surface area contributed by atoms with Crippen LogP contribution in [-0.4, -0.2) is 18.6 Å². The van der Waals surface area contributed by atoms with Gasteiger partial charge in [0.25, 0.3) is 10.0 Å². The number of aromatic amines is 1. The van der Waals surface area contributed by atoms with Gasteiger partial charge in [-0.25, -0.2) is 8.42 Å². The number of nitrogen functional groups attached to an aromatic ring is 1. The van der Waals surface area contributed by atoms with Crippen molar-refractivity contribution < 1.29 is 8.42 Å². The summed E-state index contributed by atoms with van der Waals surface area (Å²) in [6.45, 7) is 3.64. The maximum atomic E-state index is 12.4. The Morgan fingerprint density at radius 1 is 1.45 bits per heavy atom. The number of anilines is 2. The number of sulfonamides is 1. The van der Waals surface area contributed by atoms with Crippen molar-refractivity contribution in [2.75, 3.05) is 10.5 Å². The van der Waals surface area contributed by atoms with E-state index in [4.69, 9.17) is 5.73 Å². The van der Waals surface area contributed by atoms with E-state index in [0.717, 1.165) is 5.56 Å². The number of nitrogens with two attached hydrogens (primary N) is 1. The zero-order valence-corrected chi connectivity index (χ0v) is 13.5. The molecule has 2 rings (SSSR count). The van der Waals surface area contributed by atoms with E-state index in [1.165, 1.54) is 6.07 Å². The molecule has 1 aromatic carbocycles. The first-order valence-corrected chi connectivity index (χ1v) is 8.23. The summed E-state index contributed by atoms with van der Waals surface area (Å²) in [7, 11) is -3.71. The normalized spacial score (nSPS) is 11.6. The van der Waals surface area contributed by atoms with Crippen molar-refractivity contribution in [2.24, 2.45) is 0 Å². The lowest BCUT2D eigenvalue weighted by Gasteiger charge is -2.11. The van der Waals surface area contributed by atoms with Crippen LogP contribution in [0, 0.1) is 6.92 Å². The lowest BCUT2D eigenvalue weighted by molar-refractivity contribution is 0.600. The number of hydrogen-bond donors (Lipinski definition) is 3. The van der Waals surface area contributed by atoms with Gasteiger partial charge in [-0.2, -0.15) is 5.10 Å². The topological polar surface area (TPSA) is 101 Å². The lowest BCUT2D eigenvalue weighted by atomic mass is 10.2. The summed E-state index contributed by atoms with van der Waals surface area (Å²) in [5, 5.41) is 6.49. The van der Waals surface area contributed by atoms with Crippen molar-refractivity contribution in [1.29, 1.82) is 0 Å². The first-order chi connectivity index (χ1) is 9.35. The molecule has 1 aromatic heterocycles. The first-order valence-electron chi connectivity index (χ1n) is 5.96. The van der Waals surface area contributed by atoms with Gasteiger partial charge in [-0.05, 0) is 47.0 Å². The number of benzene rings is 1. The van der Waals surface area contributed by atoms with Crippen LogP contribution in [0.4, 0.5) is 11.5 Å². The van der Waals surface area contributed by atoms with E-state index in [1.807, 2.05) is 6.92 Å². The highest BCUT2D eigenvalue weighted by Gasteiger charge is 2.20. The first kappa shape index (κ1) is 14.9. The maximum Gasteiger partial charge on any atom is 0.263 e. The molecule has 0 fully saturated rings. The monoisotopic (exact) mass is 358 g/mol. The van der Waals surface area contributed by atoms with Crippen LogP contribution in [0.2, 0.25) is 0 Å². The zero-order chi connectivity index (χ0) is 14.9. The Labute approximate surface area is 125 Å². The van der Waals surface area contributed by atoms with Crippen molar-refractivity contribution in [3.8, 4) is 0 Å². The van der Waals surface area contributed by atoms with Gasteiger partial charge in [0.05, 0.1) is 11.1 Å². The van der Waals surface area contributed by atoms with Gasteiger partial charge in [0.15, 0.2) is 0 Å². The van der Waals surface area contributed by atoms with Crippen LogP contribution < -0.4 is 10.5 Å². The van der Waals surface area contributed by atoms with Crippen LogP contribution in [0.3, 0.4) is 0 Å². The predicted molar refractivity (Wildman–Crippen MR) is 82.1 cm³/mol. The fourth-order valence-corrected chi connectivity index (χ4v) is 3.59. The van der Waals surface area contributed by atoms with Crippen LogP contribution in [-0.2, 0) is 16.4 Å². The highest BCUT2D eigenvalue weighted by atomic mass is 79.9. The van der Waals surface area contributed by atoms with Crippen molar-refractivity contribution in [2.45, 2.75) is 25.2 Å². The fourth-order valence-electron chi connectivity index (χ4n) is 1.81. The molecule has 6 nitrogen and oxygen atoms in total. The minimum absolute atomic E-state index is 0.148. The Kier molecular flexibility index (Phi) is 4.05. The summed E-state index contributed by atoms with van der Waals surface area (Å²) >= 11 is 3.27. The van der Waals surface area contributed by atoms with Gasteiger partial charge in [-0.15, -0.1) is 0 Å². The van der Waals surface area contributed by atoms with E-state index >= 15 is 0 Å². The highest BCUT2D eigenvalue weighted by molar-refractivity contribution is 9.10. The fraction of sp³-hybridized carbons (Fsp3) is 0.250. The van der Waals surface area contributed by atoms with E-state index in [1.54, 1.807) is 19.2 Å². The van der Waals surface area contributed by atoms with E-state index in [2.05, 4.69) is 30.8 Å². The molecule has 8 heteroatoms. The quantitative estimate of drug-likeness (QED) is 0.730. The number of halogens is 1. The Bertz CT molecular complexity index is 740. The third kappa shape index (κ3) is 2.80. The van der Waals surface area contributed by atoms with E-state index in [0.29, 0.717) is 28.0 Å². The largest absolute Gasteiger partial charge is 0.398 e. The highest BCUT2D eigenvalue weighted by Crippen LogP contribution is 2.28. The van der Waals surface area contributed by atoms with Crippen molar-refractivity contribution in [1.82, 2.24) is 10.2 Å². The second-order valence-electron chi connectivity index (χ2n) is 4.37. The summed E-state index contributed by atoms with van der Waals surface area (Å²) in [5.74, 6) is 0.383. The number of H-pyrrole nitrogens is 1. The summed E-state index contributed by atoms with van der Waals surface area (Å²) in [4.78, 5) is 0.148. The van der Waals surface area contributed by atoms with Gasteiger partial charge in [0.1, 0.15) is 5.82 Å². The molecule has 0 aliphatic heterocycles. The molecule has 0 amide bonds. The second kappa shape index (κ2) is 5.45. The summed E-state index contributed by atoms with van der Waals surface area (Å²) < 4.78 is 28.0. The summed E-state index contributed by atoms with van der Waals surface area (Å²) in [6, 6.07) is 3.11. The van der Waals surface area contributed by atoms with Gasteiger partial charge in [-0.3, -0.25) is 9.82 Å². The van der Waals surface area contributed by atoms with Crippen LogP contribution in [0.25, 0.3) is 0 Å². The third-order valence-electron chi connectivity index (χ3n) is 2.92. The Hall–Kier alpha value is -1.54. The average molecular weight is 359 g/mol. The van der Waals surface area contributed by atoms with Gasteiger partial charge in [-0.1, -0.05) is 6.92 Å². The number of nitrogens with zero attached hydrogens (tertiary/aromatic N) is 1. The van der Waals surface area contributed by atoms with Gasteiger partial charge in [0, 0.05) is 15.7 Å². The standard InChI is InChI=1S/C12H15BrN4O2S/c1-3-8-6-15-16-12(8)17-20(18,19)11-5-10(14)9(13)4-7(11)2/h4-6H,3,14H2,1-2H3,(H2,15,16,17). The molecule has 108 valence electrons. The minimum Gasteiger partial charge on any atom is -0.398 e. The van der Waals surface area contributed by atoms with Crippen LogP contribution in [0.5, 0.6) is 0 Å². The van der Waals surface area contributed by atoms with Crippen molar-refractivity contribution >= 4 is 37.5 Å². The lowest BCUT2D eigenvalue weighted by Crippen LogP contribution is -2.16. The molecule has 0 radical (unpaired) electrons. The Morgan fingerprint density at radius 3 is 2.80 bits per heavy atom. The molecule has 0 aliphatic rings. The number of rotatable bonds is 4. The number of hydrogen-bond acceptors (Lipinski definition) is 4. The SMILES string of the molecule is CCc1cn[nH]c1NS(=O)(=O)c1cc(N)c(Br)cc1C. The minimum atomic E-state index is -3.71. The van der Waals surface area contributed by atoms with E-state index in [-0.39, 0.29) is 4.90 Å². The molecule has 0 spiro atoms. The predicted octanol–water partition coefficient (Wildman–Crippen LogP) is 2.43. The third-order valence-corrected chi connectivity index (χ3v) is 5.10. The van der Waals surface area contributed by atoms with Crippen LogP contribution >= 0.6 is 15.9 Å². The molecular weight excluding hydrogens is 344 g/mol. The van der Waals surface area contributed by atoms with Gasteiger partial charge in [0.2, 0.25) is 0 Å². The van der Waals surface area contributed by atoms with Crippen molar-refractivity contribution in [3.05, 3.63) is 33.9 Å². The number of aromatic nitrogens is 2. The van der Waals surface area contributed by atoms with E-state index < -0.39 is 10.0 Å².